The Hall–Kier alpha value is -1.36. The molecule has 0 bridgehead atoms. The Bertz CT molecular complexity index is 574. The van der Waals surface area contributed by atoms with Crippen LogP contribution in [-0.2, 0) is 12.4 Å². The standard InChI is InChI=1S/C13H19ClN4O/c1-13(2,3)5-6-18-9(7-14)17-10-11(18)15-8-16-12(10)19-4/h8H,5-7H2,1-4H3. The number of halogens is 1. The van der Waals surface area contributed by atoms with Gasteiger partial charge in [-0.2, -0.15) is 4.98 Å². The van der Waals surface area contributed by atoms with Crippen LogP contribution >= 0.6 is 11.6 Å². The maximum atomic E-state index is 5.98. The molecule has 0 aliphatic carbocycles. The smallest absolute Gasteiger partial charge is 0.245 e. The summed E-state index contributed by atoms with van der Waals surface area (Å²) in [6.07, 6.45) is 2.52. The molecular formula is C13H19ClN4O. The highest BCUT2D eigenvalue weighted by Crippen LogP contribution is 2.25. The van der Waals surface area contributed by atoms with Crippen LogP contribution in [0.4, 0.5) is 0 Å². The molecule has 104 valence electrons. The minimum absolute atomic E-state index is 0.247. The van der Waals surface area contributed by atoms with Crippen molar-refractivity contribution in [3.8, 4) is 5.88 Å². The first-order valence-electron chi connectivity index (χ1n) is 6.26. The van der Waals surface area contributed by atoms with Gasteiger partial charge in [-0.05, 0) is 11.8 Å². The number of fused-ring (bicyclic) bond motifs is 1. The molecule has 19 heavy (non-hydrogen) atoms. The van der Waals surface area contributed by atoms with E-state index in [1.165, 1.54) is 6.33 Å². The molecule has 0 unspecified atom stereocenters. The normalized spacial score (nSPS) is 12.1. The number of rotatable bonds is 4. The monoisotopic (exact) mass is 282 g/mol. The predicted octanol–water partition coefficient (Wildman–Crippen LogP) is 3.01. The van der Waals surface area contributed by atoms with Crippen LogP contribution in [0.2, 0.25) is 0 Å². The quantitative estimate of drug-likeness (QED) is 0.809. The van der Waals surface area contributed by atoms with Gasteiger partial charge in [0.15, 0.2) is 11.2 Å². The summed E-state index contributed by atoms with van der Waals surface area (Å²) in [7, 11) is 1.58. The molecule has 0 N–H and O–H groups in total. The molecule has 0 aliphatic heterocycles. The lowest BCUT2D eigenvalue weighted by Crippen LogP contribution is -2.12. The Morgan fingerprint density at radius 2 is 2.05 bits per heavy atom. The summed E-state index contributed by atoms with van der Waals surface area (Å²) in [4.78, 5) is 12.9. The fourth-order valence-corrected chi connectivity index (χ4v) is 2.10. The molecule has 0 aliphatic rings. The highest BCUT2D eigenvalue weighted by Gasteiger charge is 2.18. The highest BCUT2D eigenvalue weighted by molar-refractivity contribution is 6.16. The number of hydrogen-bond acceptors (Lipinski definition) is 4. The second-order valence-electron chi connectivity index (χ2n) is 5.68. The molecule has 0 saturated heterocycles. The molecule has 0 amide bonds. The average Bonchev–Trinajstić information content (AvgIpc) is 2.73. The van der Waals surface area contributed by atoms with Crippen molar-refractivity contribution in [2.45, 2.75) is 39.6 Å². The van der Waals surface area contributed by atoms with Crippen LogP contribution in [0.3, 0.4) is 0 Å². The van der Waals surface area contributed by atoms with E-state index < -0.39 is 0 Å². The zero-order valence-electron chi connectivity index (χ0n) is 11.8. The van der Waals surface area contributed by atoms with Gasteiger partial charge in [0.25, 0.3) is 0 Å². The summed E-state index contributed by atoms with van der Waals surface area (Å²) in [5, 5.41) is 0. The third kappa shape index (κ3) is 2.97. The fourth-order valence-electron chi connectivity index (χ4n) is 1.89. The Morgan fingerprint density at radius 3 is 2.63 bits per heavy atom. The van der Waals surface area contributed by atoms with Crippen LogP contribution in [0, 0.1) is 5.41 Å². The number of ether oxygens (including phenoxy) is 1. The van der Waals surface area contributed by atoms with Crippen LogP contribution in [-0.4, -0.2) is 26.6 Å². The summed E-state index contributed by atoms with van der Waals surface area (Å²) >= 11 is 5.98. The van der Waals surface area contributed by atoms with E-state index in [1.54, 1.807) is 7.11 Å². The molecule has 0 fully saturated rings. The first-order chi connectivity index (χ1) is 8.96. The van der Waals surface area contributed by atoms with Crippen molar-refractivity contribution in [3.05, 3.63) is 12.2 Å². The SMILES string of the molecule is COc1ncnc2c1nc(CCl)n2CCC(C)(C)C. The average molecular weight is 283 g/mol. The number of aryl methyl sites for hydroxylation is 1. The van der Waals surface area contributed by atoms with E-state index in [2.05, 4.69) is 40.3 Å². The van der Waals surface area contributed by atoms with E-state index in [0.717, 1.165) is 24.4 Å². The summed E-state index contributed by atoms with van der Waals surface area (Å²) < 4.78 is 7.27. The number of alkyl halides is 1. The van der Waals surface area contributed by atoms with Gasteiger partial charge in [0, 0.05) is 6.54 Å². The van der Waals surface area contributed by atoms with Crippen LogP contribution in [0.5, 0.6) is 5.88 Å². The zero-order chi connectivity index (χ0) is 14.0. The molecular weight excluding hydrogens is 264 g/mol. The van der Waals surface area contributed by atoms with Gasteiger partial charge in [0.05, 0.1) is 13.0 Å². The van der Waals surface area contributed by atoms with Crippen LogP contribution in [0.1, 0.15) is 33.0 Å². The van der Waals surface area contributed by atoms with E-state index in [-0.39, 0.29) is 5.41 Å². The van der Waals surface area contributed by atoms with E-state index in [9.17, 15) is 0 Å². The topological polar surface area (TPSA) is 52.8 Å². The second-order valence-corrected chi connectivity index (χ2v) is 5.95. The van der Waals surface area contributed by atoms with E-state index in [0.29, 0.717) is 17.3 Å². The van der Waals surface area contributed by atoms with Gasteiger partial charge in [-0.3, -0.25) is 0 Å². The van der Waals surface area contributed by atoms with Gasteiger partial charge in [0.1, 0.15) is 12.2 Å². The van der Waals surface area contributed by atoms with Crippen molar-refractivity contribution in [2.24, 2.45) is 5.41 Å². The largest absolute Gasteiger partial charge is 0.479 e. The fraction of sp³-hybridized carbons (Fsp3) is 0.615. The summed E-state index contributed by atoms with van der Waals surface area (Å²) in [6.45, 7) is 7.47. The lowest BCUT2D eigenvalue weighted by Gasteiger charge is -2.19. The summed E-state index contributed by atoms with van der Waals surface area (Å²) in [6, 6.07) is 0. The van der Waals surface area contributed by atoms with Crippen LogP contribution < -0.4 is 4.74 Å². The number of nitrogens with zero attached hydrogens (tertiary/aromatic N) is 4. The van der Waals surface area contributed by atoms with Gasteiger partial charge in [0.2, 0.25) is 5.88 Å². The van der Waals surface area contributed by atoms with Crippen molar-refractivity contribution in [3.63, 3.8) is 0 Å². The predicted molar refractivity (Wildman–Crippen MR) is 75.5 cm³/mol. The molecule has 0 spiro atoms. The summed E-state index contributed by atoms with van der Waals surface area (Å²) in [5.74, 6) is 1.65. The lowest BCUT2D eigenvalue weighted by atomic mass is 9.92. The van der Waals surface area contributed by atoms with E-state index >= 15 is 0 Å². The lowest BCUT2D eigenvalue weighted by molar-refractivity contribution is 0.350. The molecule has 2 heterocycles. The third-order valence-electron chi connectivity index (χ3n) is 2.98. The summed E-state index contributed by atoms with van der Waals surface area (Å²) in [5.41, 5.74) is 1.71. The first-order valence-corrected chi connectivity index (χ1v) is 6.80. The first kappa shape index (κ1) is 14.1. The van der Waals surface area contributed by atoms with Crippen LogP contribution in [0.15, 0.2) is 6.33 Å². The van der Waals surface area contributed by atoms with Crippen LogP contribution in [0.25, 0.3) is 11.2 Å². The Morgan fingerprint density at radius 1 is 1.32 bits per heavy atom. The molecule has 0 atom stereocenters. The van der Waals surface area contributed by atoms with Crippen molar-refractivity contribution in [1.82, 2.24) is 19.5 Å². The Balaban J connectivity index is 2.46. The minimum Gasteiger partial charge on any atom is -0.479 e. The van der Waals surface area contributed by atoms with Gasteiger partial charge in [-0.1, -0.05) is 20.8 Å². The molecule has 2 aromatic rings. The maximum absolute atomic E-state index is 5.98. The molecule has 0 saturated carbocycles. The Labute approximate surface area is 118 Å². The van der Waals surface area contributed by atoms with Gasteiger partial charge < -0.3 is 9.30 Å². The second kappa shape index (κ2) is 5.33. The molecule has 2 aromatic heterocycles. The zero-order valence-corrected chi connectivity index (χ0v) is 12.5. The van der Waals surface area contributed by atoms with Crippen molar-refractivity contribution in [1.29, 1.82) is 0 Å². The number of hydrogen-bond donors (Lipinski definition) is 0. The van der Waals surface area contributed by atoms with Crippen molar-refractivity contribution < 1.29 is 4.74 Å². The van der Waals surface area contributed by atoms with E-state index in [4.69, 9.17) is 16.3 Å². The molecule has 5 nitrogen and oxygen atoms in total. The Kier molecular flexibility index (Phi) is 3.94. The van der Waals surface area contributed by atoms with Gasteiger partial charge in [-0.25, -0.2) is 9.97 Å². The minimum atomic E-state index is 0.247. The van der Waals surface area contributed by atoms with Crippen molar-refractivity contribution in [2.75, 3.05) is 7.11 Å². The molecule has 0 radical (unpaired) electrons. The number of imidazole rings is 1. The number of aromatic nitrogens is 4. The number of methoxy groups -OCH3 is 1. The van der Waals surface area contributed by atoms with Crippen molar-refractivity contribution >= 4 is 22.8 Å². The van der Waals surface area contributed by atoms with Gasteiger partial charge >= 0.3 is 0 Å². The molecule has 6 heteroatoms. The highest BCUT2D eigenvalue weighted by atomic mass is 35.5. The van der Waals surface area contributed by atoms with Gasteiger partial charge in [-0.15, -0.1) is 11.6 Å². The molecule has 0 aromatic carbocycles. The third-order valence-corrected chi connectivity index (χ3v) is 3.21. The molecule has 2 rings (SSSR count). The van der Waals surface area contributed by atoms with E-state index in [1.807, 2.05) is 0 Å². The maximum Gasteiger partial charge on any atom is 0.245 e.